The second-order valence-corrected chi connectivity index (χ2v) is 6.12. The molecule has 7 heteroatoms. The number of hydrogen-bond acceptors (Lipinski definition) is 2. The van der Waals surface area contributed by atoms with Crippen molar-refractivity contribution >= 4 is 47.4 Å². The third kappa shape index (κ3) is 6.84. The van der Waals surface area contributed by atoms with E-state index in [9.17, 15) is 4.79 Å². The molecule has 0 bridgehead atoms. The molecule has 1 aromatic rings. The molecule has 3 N–H and O–H groups in total. The Balaban J connectivity index is 0.00000288. The number of nitrogens with one attached hydrogen (secondary N) is 3. The molecule has 1 aliphatic rings. The van der Waals surface area contributed by atoms with Gasteiger partial charge in [-0.3, -0.25) is 9.79 Å². The quantitative estimate of drug-likeness (QED) is 0.271. The molecule has 0 aliphatic heterocycles. The summed E-state index contributed by atoms with van der Waals surface area (Å²) in [6.07, 6.45) is 6.29. The summed E-state index contributed by atoms with van der Waals surface area (Å²) in [5.74, 6) is 0.636. The van der Waals surface area contributed by atoms with Gasteiger partial charge in [0.05, 0.1) is 10.6 Å². The lowest BCUT2D eigenvalue weighted by Crippen LogP contribution is -2.46. The molecule has 0 atom stereocenters. The number of carbonyl (C=O) groups excluding carboxylic acids is 1. The number of nitrogens with zero attached hydrogens (tertiary/aromatic N) is 1. The van der Waals surface area contributed by atoms with Crippen LogP contribution in [0.25, 0.3) is 0 Å². The van der Waals surface area contributed by atoms with Gasteiger partial charge in [0.15, 0.2) is 5.96 Å². The minimum atomic E-state index is -0.160. The SMILES string of the molecule is CN=C(NCCNC(=O)c1ccccc1Cl)NC1CCCCC1.I. The first kappa shape index (κ1) is 21.0. The molecule has 24 heavy (non-hydrogen) atoms. The van der Waals surface area contributed by atoms with Crippen LogP contribution in [0.2, 0.25) is 5.02 Å². The molecule has 0 saturated heterocycles. The number of aliphatic imine (C=N–C) groups is 1. The Hall–Kier alpha value is -1.02. The van der Waals surface area contributed by atoms with Crippen molar-refractivity contribution in [2.45, 2.75) is 38.1 Å². The Bertz CT molecular complexity index is 547. The van der Waals surface area contributed by atoms with E-state index in [1.807, 2.05) is 6.07 Å². The van der Waals surface area contributed by atoms with Gasteiger partial charge in [-0.25, -0.2) is 0 Å². The second-order valence-electron chi connectivity index (χ2n) is 5.71. The molecule has 5 nitrogen and oxygen atoms in total. The fourth-order valence-corrected chi connectivity index (χ4v) is 2.95. The van der Waals surface area contributed by atoms with Crippen molar-refractivity contribution in [2.24, 2.45) is 4.99 Å². The predicted molar refractivity (Wildman–Crippen MR) is 111 cm³/mol. The summed E-state index contributed by atoms with van der Waals surface area (Å²) in [7, 11) is 1.76. The Kier molecular flexibility index (Phi) is 10.1. The molecule has 1 saturated carbocycles. The maximum absolute atomic E-state index is 12.0. The first-order valence-corrected chi connectivity index (χ1v) is 8.58. The van der Waals surface area contributed by atoms with Crippen LogP contribution in [-0.4, -0.2) is 38.0 Å². The lowest BCUT2D eigenvalue weighted by molar-refractivity contribution is 0.0954. The lowest BCUT2D eigenvalue weighted by atomic mass is 9.96. The third-order valence-electron chi connectivity index (χ3n) is 3.99. The second kappa shape index (κ2) is 11.5. The van der Waals surface area contributed by atoms with Gasteiger partial charge in [-0.1, -0.05) is 43.0 Å². The number of hydrogen-bond donors (Lipinski definition) is 3. The van der Waals surface area contributed by atoms with E-state index < -0.39 is 0 Å². The van der Waals surface area contributed by atoms with Crippen molar-refractivity contribution in [2.75, 3.05) is 20.1 Å². The van der Waals surface area contributed by atoms with E-state index in [2.05, 4.69) is 20.9 Å². The van der Waals surface area contributed by atoms with E-state index in [1.165, 1.54) is 32.1 Å². The Morgan fingerprint density at radius 2 is 1.83 bits per heavy atom. The van der Waals surface area contributed by atoms with E-state index in [1.54, 1.807) is 25.2 Å². The monoisotopic (exact) mass is 464 g/mol. The minimum Gasteiger partial charge on any atom is -0.355 e. The average molecular weight is 465 g/mol. The van der Waals surface area contributed by atoms with Gasteiger partial charge in [0, 0.05) is 26.2 Å². The highest BCUT2D eigenvalue weighted by atomic mass is 127. The van der Waals surface area contributed by atoms with Crippen LogP contribution in [0.15, 0.2) is 29.3 Å². The fourth-order valence-electron chi connectivity index (χ4n) is 2.73. The first-order chi connectivity index (χ1) is 11.2. The van der Waals surface area contributed by atoms with Gasteiger partial charge < -0.3 is 16.0 Å². The molecule has 0 spiro atoms. The summed E-state index contributed by atoms with van der Waals surface area (Å²) in [5, 5.41) is 9.99. The summed E-state index contributed by atoms with van der Waals surface area (Å²) < 4.78 is 0. The van der Waals surface area contributed by atoms with Crippen LogP contribution in [0.4, 0.5) is 0 Å². The molecule has 2 rings (SSSR count). The van der Waals surface area contributed by atoms with Gasteiger partial charge in [-0.2, -0.15) is 0 Å². The van der Waals surface area contributed by atoms with Crippen molar-refractivity contribution in [3.63, 3.8) is 0 Å². The van der Waals surface area contributed by atoms with E-state index in [4.69, 9.17) is 11.6 Å². The molecule has 0 heterocycles. The molecule has 134 valence electrons. The average Bonchev–Trinajstić information content (AvgIpc) is 2.58. The van der Waals surface area contributed by atoms with Crippen LogP contribution in [0.1, 0.15) is 42.5 Å². The standard InChI is InChI=1S/C17H25ClN4O.HI/c1-19-17(22-13-7-3-2-4-8-13)21-12-11-20-16(23)14-9-5-6-10-15(14)18;/h5-6,9-10,13H,2-4,7-8,11-12H2,1H3,(H,20,23)(H2,19,21,22);1H. The number of halogens is 2. The molecule has 1 aromatic carbocycles. The summed E-state index contributed by atoms with van der Waals surface area (Å²) in [5.41, 5.74) is 0.499. The van der Waals surface area contributed by atoms with Crippen molar-refractivity contribution in [1.82, 2.24) is 16.0 Å². The third-order valence-corrected chi connectivity index (χ3v) is 4.32. The molecule has 0 aromatic heterocycles. The molecule has 1 aliphatic carbocycles. The normalized spacial score (nSPS) is 15.3. The Morgan fingerprint density at radius 3 is 2.50 bits per heavy atom. The summed E-state index contributed by atoms with van der Waals surface area (Å²) in [6.45, 7) is 1.12. The summed E-state index contributed by atoms with van der Waals surface area (Å²) in [4.78, 5) is 16.3. The van der Waals surface area contributed by atoms with Gasteiger partial charge in [-0.15, -0.1) is 24.0 Å². The number of carbonyl (C=O) groups is 1. The highest BCUT2D eigenvalue weighted by Gasteiger charge is 2.14. The minimum absolute atomic E-state index is 0. The van der Waals surface area contributed by atoms with Gasteiger partial charge >= 0.3 is 0 Å². The van der Waals surface area contributed by atoms with Crippen molar-refractivity contribution in [3.8, 4) is 0 Å². The lowest BCUT2D eigenvalue weighted by Gasteiger charge is -2.24. The van der Waals surface area contributed by atoms with E-state index >= 15 is 0 Å². The molecule has 0 unspecified atom stereocenters. The largest absolute Gasteiger partial charge is 0.355 e. The van der Waals surface area contributed by atoms with Crippen LogP contribution in [-0.2, 0) is 0 Å². The maximum Gasteiger partial charge on any atom is 0.252 e. The Labute approximate surface area is 166 Å². The van der Waals surface area contributed by atoms with Gasteiger partial charge in [0.2, 0.25) is 0 Å². The highest BCUT2D eigenvalue weighted by Crippen LogP contribution is 2.17. The fraction of sp³-hybridized carbons (Fsp3) is 0.529. The Morgan fingerprint density at radius 1 is 1.17 bits per heavy atom. The summed E-state index contributed by atoms with van der Waals surface area (Å²) in [6, 6.07) is 7.54. The molecular formula is C17H26ClIN4O. The predicted octanol–water partition coefficient (Wildman–Crippen LogP) is 3.19. The van der Waals surface area contributed by atoms with Gasteiger partial charge in [0.25, 0.3) is 5.91 Å². The molecule has 1 fully saturated rings. The number of benzene rings is 1. The van der Waals surface area contributed by atoms with Gasteiger partial charge in [-0.05, 0) is 25.0 Å². The molecular weight excluding hydrogens is 439 g/mol. The maximum atomic E-state index is 12.0. The van der Waals surface area contributed by atoms with Crippen LogP contribution < -0.4 is 16.0 Å². The molecule has 1 amide bonds. The zero-order valence-electron chi connectivity index (χ0n) is 14.0. The summed E-state index contributed by atoms with van der Waals surface area (Å²) >= 11 is 6.01. The number of amides is 1. The van der Waals surface area contributed by atoms with E-state index in [0.29, 0.717) is 29.7 Å². The van der Waals surface area contributed by atoms with Crippen LogP contribution in [0, 0.1) is 0 Å². The highest BCUT2D eigenvalue weighted by molar-refractivity contribution is 14.0. The molecule has 0 radical (unpaired) electrons. The zero-order valence-corrected chi connectivity index (χ0v) is 17.1. The van der Waals surface area contributed by atoms with Crippen LogP contribution in [0.5, 0.6) is 0 Å². The van der Waals surface area contributed by atoms with Crippen LogP contribution in [0.3, 0.4) is 0 Å². The topological polar surface area (TPSA) is 65.5 Å². The van der Waals surface area contributed by atoms with Gasteiger partial charge in [0.1, 0.15) is 0 Å². The smallest absolute Gasteiger partial charge is 0.252 e. The number of guanidine groups is 1. The first-order valence-electron chi connectivity index (χ1n) is 8.20. The van der Waals surface area contributed by atoms with E-state index in [-0.39, 0.29) is 29.9 Å². The van der Waals surface area contributed by atoms with Crippen molar-refractivity contribution < 1.29 is 4.79 Å². The van der Waals surface area contributed by atoms with Crippen molar-refractivity contribution in [1.29, 1.82) is 0 Å². The van der Waals surface area contributed by atoms with E-state index in [0.717, 1.165) is 5.96 Å². The van der Waals surface area contributed by atoms with Crippen LogP contribution >= 0.6 is 35.6 Å². The zero-order chi connectivity index (χ0) is 16.5. The number of rotatable bonds is 5. The van der Waals surface area contributed by atoms with Crippen molar-refractivity contribution in [3.05, 3.63) is 34.9 Å².